The largest absolute Gasteiger partial charge is 0.340 e. The van der Waals surface area contributed by atoms with Crippen molar-refractivity contribution in [3.63, 3.8) is 0 Å². The summed E-state index contributed by atoms with van der Waals surface area (Å²) in [6.07, 6.45) is 7.97. The van der Waals surface area contributed by atoms with Crippen LogP contribution in [0.15, 0.2) is 24.3 Å². The van der Waals surface area contributed by atoms with E-state index in [1.807, 2.05) is 32.9 Å². The van der Waals surface area contributed by atoms with Gasteiger partial charge in [-0.2, -0.15) is 0 Å². The normalized spacial score (nSPS) is 29.5. The highest BCUT2D eigenvalue weighted by molar-refractivity contribution is 5.98. The number of hydrogen-bond acceptors (Lipinski definition) is 3. The van der Waals surface area contributed by atoms with Crippen molar-refractivity contribution in [3.05, 3.63) is 35.4 Å². The SMILES string of the molecule is Cc1ccccc1C(=O)N[C@H](C(=O)NNC(=O)CC12CC3CC(CC(C3)C1)C2)C(C)C. The van der Waals surface area contributed by atoms with Gasteiger partial charge in [-0.1, -0.05) is 32.0 Å². The standard InChI is InChI=1S/C25H35N3O3/c1-15(2)22(26-23(30)20-7-5-4-6-16(20)3)24(31)28-27-21(29)14-25-11-17-8-18(12-25)10-19(9-17)13-25/h4-7,15,17-19,22H,8-14H2,1-3H3,(H,26,30)(H,27,29)(H,28,31)/t17?,18?,19?,22-,25?/m0/s1. The van der Waals surface area contributed by atoms with Crippen molar-refractivity contribution < 1.29 is 14.4 Å². The molecule has 0 saturated heterocycles. The average Bonchev–Trinajstić information content (AvgIpc) is 2.68. The zero-order valence-electron chi connectivity index (χ0n) is 18.9. The van der Waals surface area contributed by atoms with E-state index in [-0.39, 0.29) is 23.1 Å². The topological polar surface area (TPSA) is 87.3 Å². The second-order valence-electron chi connectivity index (χ2n) is 10.6. The molecular formula is C25H35N3O3. The van der Waals surface area contributed by atoms with Crippen LogP contribution < -0.4 is 16.2 Å². The van der Waals surface area contributed by atoms with Gasteiger partial charge < -0.3 is 5.32 Å². The number of benzene rings is 1. The molecule has 3 N–H and O–H groups in total. The average molecular weight is 426 g/mol. The van der Waals surface area contributed by atoms with E-state index in [1.165, 1.54) is 19.3 Å². The minimum Gasteiger partial charge on any atom is -0.340 e. The van der Waals surface area contributed by atoms with Gasteiger partial charge in [-0.25, -0.2) is 0 Å². The quantitative estimate of drug-likeness (QED) is 0.610. The zero-order chi connectivity index (χ0) is 22.2. The van der Waals surface area contributed by atoms with Gasteiger partial charge in [-0.15, -0.1) is 0 Å². The molecular weight excluding hydrogens is 390 g/mol. The molecule has 6 nitrogen and oxygen atoms in total. The Hall–Kier alpha value is -2.37. The van der Waals surface area contributed by atoms with Crippen LogP contribution in [-0.4, -0.2) is 23.8 Å². The first kappa shape index (κ1) is 21.8. The minimum absolute atomic E-state index is 0.118. The molecule has 0 unspecified atom stereocenters. The zero-order valence-corrected chi connectivity index (χ0v) is 18.9. The van der Waals surface area contributed by atoms with Crippen molar-refractivity contribution >= 4 is 17.7 Å². The van der Waals surface area contributed by atoms with Gasteiger partial charge in [0, 0.05) is 12.0 Å². The molecule has 4 aliphatic carbocycles. The third-order valence-corrected chi connectivity index (χ3v) is 7.65. The number of amides is 3. The minimum atomic E-state index is -0.730. The summed E-state index contributed by atoms with van der Waals surface area (Å²) in [5.74, 6) is 1.44. The lowest BCUT2D eigenvalue weighted by Gasteiger charge is -2.56. The van der Waals surface area contributed by atoms with Crippen LogP contribution in [0, 0.1) is 36.0 Å². The molecule has 0 aliphatic heterocycles. The molecule has 5 rings (SSSR count). The van der Waals surface area contributed by atoms with Crippen molar-refractivity contribution in [2.45, 2.75) is 71.8 Å². The summed E-state index contributed by atoms with van der Waals surface area (Å²) in [6.45, 7) is 5.61. The van der Waals surface area contributed by atoms with Crippen LogP contribution >= 0.6 is 0 Å². The number of carbonyl (C=O) groups excluding carboxylic acids is 3. The summed E-state index contributed by atoms with van der Waals surface area (Å²) >= 11 is 0. The fourth-order valence-corrected chi connectivity index (χ4v) is 6.68. The van der Waals surface area contributed by atoms with Crippen LogP contribution in [0.1, 0.15) is 74.7 Å². The van der Waals surface area contributed by atoms with E-state index < -0.39 is 11.9 Å². The van der Waals surface area contributed by atoms with Crippen LogP contribution in [-0.2, 0) is 9.59 Å². The Kier molecular flexibility index (Phi) is 6.09. The van der Waals surface area contributed by atoms with Crippen molar-refractivity contribution in [1.82, 2.24) is 16.2 Å². The summed E-state index contributed by atoms with van der Waals surface area (Å²) in [5.41, 5.74) is 6.72. The predicted molar refractivity (Wildman–Crippen MR) is 119 cm³/mol. The molecule has 4 fully saturated rings. The van der Waals surface area contributed by atoms with Crippen molar-refractivity contribution in [2.75, 3.05) is 0 Å². The smallest absolute Gasteiger partial charge is 0.261 e. The number of hydrazine groups is 1. The van der Waals surface area contributed by atoms with E-state index in [0.717, 1.165) is 42.6 Å². The Morgan fingerprint density at radius 2 is 1.55 bits per heavy atom. The first-order chi connectivity index (χ1) is 14.7. The van der Waals surface area contributed by atoms with E-state index in [9.17, 15) is 14.4 Å². The molecule has 1 atom stereocenters. The lowest BCUT2D eigenvalue weighted by molar-refractivity contribution is -0.135. The van der Waals surface area contributed by atoms with Gasteiger partial charge in [0.05, 0.1) is 0 Å². The third kappa shape index (κ3) is 4.78. The third-order valence-electron chi connectivity index (χ3n) is 7.65. The predicted octanol–water partition coefficient (Wildman–Crippen LogP) is 3.50. The van der Waals surface area contributed by atoms with Crippen LogP contribution in [0.3, 0.4) is 0 Å². The lowest BCUT2D eigenvalue weighted by Crippen LogP contribution is -2.55. The number of hydrogen-bond donors (Lipinski definition) is 3. The van der Waals surface area contributed by atoms with Gasteiger partial charge in [0.2, 0.25) is 5.91 Å². The maximum atomic E-state index is 12.8. The second-order valence-corrected chi connectivity index (χ2v) is 10.6. The number of rotatable bonds is 6. The molecule has 4 bridgehead atoms. The van der Waals surface area contributed by atoms with Gasteiger partial charge >= 0.3 is 0 Å². The van der Waals surface area contributed by atoms with Gasteiger partial charge in [0.1, 0.15) is 6.04 Å². The van der Waals surface area contributed by atoms with Crippen LogP contribution in [0.4, 0.5) is 0 Å². The Morgan fingerprint density at radius 1 is 0.968 bits per heavy atom. The molecule has 31 heavy (non-hydrogen) atoms. The summed E-state index contributed by atoms with van der Waals surface area (Å²) in [7, 11) is 0. The fourth-order valence-electron chi connectivity index (χ4n) is 6.68. The van der Waals surface area contributed by atoms with E-state index in [2.05, 4.69) is 16.2 Å². The molecule has 0 radical (unpaired) electrons. The highest BCUT2D eigenvalue weighted by atomic mass is 16.2. The van der Waals surface area contributed by atoms with E-state index >= 15 is 0 Å². The summed E-state index contributed by atoms with van der Waals surface area (Å²) in [4.78, 5) is 38.1. The molecule has 4 aliphatic rings. The Balaban J connectivity index is 1.31. The number of nitrogens with one attached hydrogen (secondary N) is 3. The molecule has 6 heteroatoms. The van der Waals surface area contributed by atoms with Gasteiger partial charge in [0.25, 0.3) is 11.8 Å². The van der Waals surface area contributed by atoms with Crippen LogP contribution in [0.25, 0.3) is 0 Å². The Morgan fingerprint density at radius 3 is 2.10 bits per heavy atom. The van der Waals surface area contributed by atoms with Gasteiger partial charge in [-0.05, 0) is 86.2 Å². The summed E-state index contributed by atoms with van der Waals surface area (Å²) < 4.78 is 0. The molecule has 0 spiro atoms. The van der Waals surface area contributed by atoms with E-state index in [4.69, 9.17) is 0 Å². The second kappa shape index (κ2) is 8.64. The van der Waals surface area contributed by atoms with Crippen molar-refractivity contribution in [1.29, 1.82) is 0 Å². The maximum Gasteiger partial charge on any atom is 0.261 e. The summed E-state index contributed by atoms with van der Waals surface area (Å²) in [5, 5.41) is 2.82. The highest BCUT2D eigenvalue weighted by Gasteiger charge is 2.51. The van der Waals surface area contributed by atoms with E-state index in [0.29, 0.717) is 12.0 Å². The molecule has 0 heterocycles. The molecule has 4 saturated carbocycles. The molecule has 168 valence electrons. The molecule has 1 aromatic rings. The fraction of sp³-hybridized carbons (Fsp3) is 0.640. The number of aryl methyl sites for hydroxylation is 1. The lowest BCUT2D eigenvalue weighted by atomic mass is 9.49. The van der Waals surface area contributed by atoms with Crippen LogP contribution in [0.5, 0.6) is 0 Å². The summed E-state index contributed by atoms with van der Waals surface area (Å²) in [6, 6.07) is 6.55. The molecule has 1 aromatic carbocycles. The first-order valence-corrected chi connectivity index (χ1v) is 11.7. The monoisotopic (exact) mass is 425 g/mol. The Labute approximate surface area is 184 Å². The van der Waals surface area contributed by atoms with E-state index in [1.54, 1.807) is 12.1 Å². The van der Waals surface area contributed by atoms with Crippen LogP contribution in [0.2, 0.25) is 0 Å². The van der Waals surface area contributed by atoms with Crippen molar-refractivity contribution in [3.8, 4) is 0 Å². The first-order valence-electron chi connectivity index (χ1n) is 11.7. The Bertz CT molecular complexity index is 828. The number of carbonyl (C=O) groups is 3. The molecule has 0 aromatic heterocycles. The highest BCUT2D eigenvalue weighted by Crippen LogP contribution is 2.61. The van der Waals surface area contributed by atoms with Crippen molar-refractivity contribution in [2.24, 2.45) is 29.1 Å². The van der Waals surface area contributed by atoms with Gasteiger partial charge in [-0.3, -0.25) is 25.2 Å². The van der Waals surface area contributed by atoms with Gasteiger partial charge in [0.15, 0.2) is 0 Å². The maximum absolute atomic E-state index is 12.8. The molecule has 3 amide bonds.